The van der Waals surface area contributed by atoms with Gasteiger partial charge in [-0.2, -0.15) is 0 Å². The average Bonchev–Trinajstić information content (AvgIpc) is 2.67. The Morgan fingerprint density at radius 3 is 1.46 bits per heavy atom. The molecule has 1 heterocycles. The second-order valence-corrected chi connectivity index (χ2v) is 7.03. The van der Waals surface area contributed by atoms with Crippen molar-refractivity contribution >= 4 is 46.6 Å². The Morgan fingerprint density at radius 1 is 0.750 bits per heavy atom. The molecular formula is C18H18Cl2N4O4. The number of nitrogens with one attached hydrogen (secondary N) is 2. The van der Waals surface area contributed by atoms with Crippen LogP contribution in [0.2, 0.25) is 10.0 Å². The molecule has 148 valence electrons. The van der Waals surface area contributed by atoms with Crippen LogP contribution in [0.4, 0.5) is 21.0 Å². The van der Waals surface area contributed by atoms with E-state index in [4.69, 9.17) is 23.2 Å². The lowest BCUT2D eigenvalue weighted by Gasteiger charge is -2.34. The van der Waals surface area contributed by atoms with Crippen LogP contribution in [-0.4, -0.2) is 58.3 Å². The molecule has 0 unspecified atom stereocenters. The second kappa shape index (κ2) is 8.45. The predicted molar refractivity (Wildman–Crippen MR) is 107 cm³/mol. The lowest BCUT2D eigenvalue weighted by molar-refractivity contribution is 0.156. The molecule has 0 saturated carbocycles. The van der Waals surface area contributed by atoms with Gasteiger partial charge in [-0.25, -0.2) is 9.59 Å². The summed E-state index contributed by atoms with van der Waals surface area (Å²) >= 11 is 11.7. The molecule has 2 aromatic carbocycles. The fourth-order valence-electron chi connectivity index (χ4n) is 2.72. The Hall–Kier alpha value is -2.84. The molecule has 1 aliphatic heterocycles. The number of carbonyl (C=O) groups excluding carboxylic acids is 2. The summed E-state index contributed by atoms with van der Waals surface area (Å²) in [5.74, 6) is -0.172. The molecule has 0 atom stereocenters. The number of piperazine rings is 1. The summed E-state index contributed by atoms with van der Waals surface area (Å²) in [5, 5.41) is 25.6. The Morgan fingerprint density at radius 2 is 1.11 bits per heavy atom. The van der Waals surface area contributed by atoms with Gasteiger partial charge in [-0.1, -0.05) is 23.2 Å². The molecule has 3 rings (SSSR count). The molecule has 4 N–H and O–H groups in total. The summed E-state index contributed by atoms with van der Waals surface area (Å²) in [4.78, 5) is 27.8. The topological polar surface area (TPSA) is 105 Å². The highest BCUT2D eigenvalue weighted by Crippen LogP contribution is 2.28. The molecule has 2 aromatic rings. The fraction of sp³-hybridized carbons (Fsp3) is 0.222. The monoisotopic (exact) mass is 424 g/mol. The number of phenolic OH excluding ortho intramolecular Hbond substituents is 2. The Balaban J connectivity index is 1.55. The van der Waals surface area contributed by atoms with Crippen LogP contribution < -0.4 is 10.6 Å². The third kappa shape index (κ3) is 4.71. The summed E-state index contributed by atoms with van der Waals surface area (Å²) in [7, 11) is 0. The average molecular weight is 425 g/mol. The fourth-order valence-corrected chi connectivity index (χ4v) is 3.06. The van der Waals surface area contributed by atoms with E-state index in [1.165, 1.54) is 46.2 Å². The quantitative estimate of drug-likeness (QED) is 0.550. The number of urea groups is 2. The third-order valence-electron chi connectivity index (χ3n) is 4.25. The number of rotatable bonds is 2. The number of benzene rings is 2. The van der Waals surface area contributed by atoms with Gasteiger partial charge in [-0.3, -0.25) is 0 Å². The van der Waals surface area contributed by atoms with Crippen molar-refractivity contribution in [2.45, 2.75) is 0 Å². The van der Waals surface area contributed by atoms with Crippen LogP contribution in [0, 0.1) is 0 Å². The highest BCUT2D eigenvalue weighted by Gasteiger charge is 2.25. The number of aromatic hydroxyl groups is 2. The van der Waals surface area contributed by atoms with Crippen LogP contribution in [0.5, 0.6) is 11.5 Å². The minimum Gasteiger partial charge on any atom is -0.506 e. The van der Waals surface area contributed by atoms with Crippen molar-refractivity contribution in [3.63, 3.8) is 0 Å². The van der Waals surface area contributed by atoms with E-state index in [2.05, 4.69) is 10.6 Å². The maximum Gasteiger partial charge on any atom is 0.322 e. The largest absolute Gasteiger partial charge is 0.506 e. The van der Waals surface area contributed by atoms with E-state index in [1.54, 1.807) is 0 Å². The molecule has 0 aliphatic carbocycles. The predicted octanol–water partition coefficient (Wildman–Crippen LogP) is 3.79. The number of hydrogen-bond acceptors (Lipinski definition) is 4. The van der Waals surface area contributed by atoms with Crippen LogP contribution in [0.15, 0.2) is 36.4 Å². The summed E-state index contributed by atoms with van der Waals surface area (Å²) in [6.07, 6.45) is 0. The molecule has 10 heteroatoms. The van der Waals surface area contributed by atoms with E-state index in [0.29, 0.717) is 36.2 Å². The number of halogens is 2. The van der Waals surface area contributed by atoms with Crippen molar-refractivity contribution < 1.29 is 19.8 Å². The lowest BCUT2D eigenvalue weighted by atomic mass is 10.3. The van der Waals surface area contributed by atoms with Gasteiger partial charge in [0, 0.05) is 36.2 Å². The molecule has 28 heavy (non-hydrogen) atoms. The van der Waals surface area contributed by atoms with Gasteiger partial charge in [-0.15, -0.1) is 0 Å². The Bertz CT molecular complexity index is 828. The van der Waals surface area contributed by atoms with Gasteiger partial charge in [-0.05, 0) is 36.4 Å². The molecule has 1 saturated heterocycles. The van der Waals surface area contributed by atoms with Gasteiger partial charge in [0.2, 0.25) is 0 Å². The molecule has 8 nitrogen and oxygen atoms in total. The van der Waals surface area contributed by atoms with Gasteiger partial charge in [0.05, 0.1) is 11.4 Å². The van der Waals surface area contributed by atoms with Gasteiger partial charge in [0.1, 0.15) is 11.5 Å². The summed E-state index contributed by atoms with van der Waals surface area (Å²) in [6.45, 7) is 1.23. The van der Waals surface area contributed by atoms with Crippen LogP contribution in [0.25, 0.3) is 0 Å². The molecule has 1 aliphatic rings. The number of phenols is 2. The van der Waals surface area contributed by atoms with Crippen molar-refractivity contribution in [1.29, 1.82) is 0 Å². The van der Waals surface area contributed by atoms with E-state index >= 15 is 0 Å². The number of amides is 4. The first-order valence-corrected chi connectivity index (χ1v) is 9.18. The first-order valence-electron chi connectivity index (χ1n) is 8.42. The molecular weight excluding hydrogens is 407 g/mol. The minimum absolute atomic E-state index is 0.0860. The summed E-state index contributed by atoms with van der Waals surface area (Å²) in [5.41, 5.74) is 0.434. The lowest BCUT2D eigenvalue weighted by Crippen LogP contribution is -2.52. The smallest absolute Gasteiger partial charge is 0.322 e. The molecule has 0 spiro atoms. The van der Waals surface area contributed by atoms with E-state index in [9.17, 15) is 19.8 Å². The molecule has 1 fully saturated rings. The SMILES string of the molecule is O=C(Nc1cc(Cl)ccc1O)N1CCN(C(=O)Nc2cc(Cl)ccc2O)CC1. The normalized spacial score (nSPS) is 13.9. The van der Waals surface area contributed by atoms with Crippen molar-refractivity contribution in [3.8, 4) is 11.5 Å². The van der Waals surface area contributed by atoms with E-state index in [-0.39, 0.29) is 22.9 Å². The zero-order valence-corrected chi connectivity index (χ0v) is 16.2. The standard InChI is InChI=1S/C18H18Cl2N4O4/c19-11-1-3-15(25)13(9-11)21-17(27)23-5-7-24(8-6-23)18(28)22-14-10-12(20)2-4-16(14)26/h1-4,9-10,25-26H,5-8H2,(H,21,27)(H,22,28). The molecule has 4 amide bonds. The van der Waals surface area contributed by atoms with Crippen LogP contribution in [0.3, 0.4) is 0 Å². The van der Waals surface area contributed by atoms with Crippen molar-refractivity contribution in [1.82, 2.24) is 9.80 Å². The van der Waals surface area contributed by atoms with E-state index in [0.717, 1.165) is 0 Å². The number of hydrogen-bond donors (Lipinski definition) is 4. The summed E-state index contributed by atoms with van der Waals surface area (Å²) in [6, 6.07) is 7.93. The second-order valence-electron chi connectivity index (χ2n) is 6.16. The van der Waals surface area contributed by atoms with Gasteiger partial charge in [0.15, 0.2) is 0 Å². The van der Waals surface area contributed by atoms with Gasteiger partial charge >= 0.3 is 12.1 Å². The zero-order chi connectivity index (χ0) is 20.3. The third-order valence-corrected chi connectivity index (χ3v) is 4.72. The Labute approximate surface area is 171 Å². The van der Waals surface area contributed by atoms with Crippen molar-refractivity contribution in [3.05, 3.63) is 46.4 Å². The van der Waals surface area contributed by atoms with Gasteiger partial charge < -0.3 is 30.6 Å². The minimum atomic E-state index is -0.398. The maximum atomic E-state index is 12.4. The first kappa shape index (κ1) is 19.9. The zero-order valence-electron chi connectivity index (χ0n) is 14.7. The van der Waals surface area contributed by atoms with Crippen LogP contribution in [0.1, 0.15) is 0 Å². The highest BCUT2D eigenvalue weighted by molar-refractivity contribution is 6.31. The van der Waals surface area contributed by atoms with Crippen LogP contribution >= 0.6 is 23.2 Å². The molecule has 0 bridgehead atoms. The first-order chi connectivity index (χ1) is 13.3. The van der Waals surface area contributed by atoms with Crippen molar-refractivity contribution in [2.75, 3.05) is 36.8 Å². The van der Waals surface area contributed by atoms with Gasteiger partial charge in [0.25, 0.3) is 0 Å². The maximum absolute atomic E-state index is 12.4. The highest BCUT2D eigenvalue weighted by atomic mass is 35.5. The number of carbonyl (C=O) groups is 2. The van der Waals surface area contributed by atoms with Crippen LogP contribution in [-0.2, 0) is 0 Å². The summed E-state index contributed by atoms with van der Waals surface area (Å²) < 4.78 is 0. The Kier molecular flexibility index (Phi) is 6.01. The van der Waals surface area contributed by atoms with E-state index in [1.807, 2.05) is 0 Å². The number of anilines is 2. The molecule has 0 radical (unpaired) electrons. The number of nitrogens with zero attached hydrogens (tertiary/aromatic N) is 2. The van der Waals surface area contributed by atoms with Crippen molar-refractivity contribution in [2.24, 2.45) is 0 Å². The molecule has 0 aromatic heterocycles. The van der Waals surface area contributed by atoms with E-state index < -0.39 is 12.1 Å².